The number of ether oxygens (including phenoxy) is 1. The molecule has 0 saturated carbocycles. The van der Waals surface area contributed by atoms with E-state index in [1.165, 1.54) is 12.1 Å². The molecule has 154 valence electrons. The lowest BCUT2D eigenvalue weighted by Crippen LogP contribution is -2.51. The molecule has 2 aromatic rings. The Kier molecular flexibility index (Phi) is 6.99. The summed E-state index contributed by atoms with van der Waals surface area (Å²) in [5.41, 5.74) is 0.781. The second-order valence-electron chi connectivity index (χ2n) is 7.50. The van der Waals surface area contributed by atoms with E-state index in [0.29, 0.717) is 44.5 Å². The standard InChI is InChI=1S/C23H26FNO4/c24-19-8-4-7-18(16-19)23(11-13-29-14-12-23)22(28)25-20(9-10-21(26)27)15-17-5-2-1-3-6-17/h1-8,16,20H,9-15H2,(H,25,28)(H,26,27). The third-order valence-corrected chi connectivity index (χ3v) is 5.53. The Balaban J connectivity index is 1.83. The maximum absolute atomic E-state index is 13.9. The van der Waals surface area contributed by atoms with Crippen LogP contribution in [0.3, 0.4) is 0 Å². The second-order valence-corrected chi connectivity index (χ2v) is 7.50. The molecule has 6 heteroatoms. The van der Waals surface area contributed by atoms with Crippen molar-refractivity contribution < 1.29 is 23.8 Å². The molecule has 2 N–H and O–H groups in total. The third kappa shape index (κ3) is 5.41. The number of carboxylic acids is 1. The molecule has 1 saturated heterocycles. The van der Waals surface area contributed by atoms with Gasteiger partial charge in [-0.25, -0.2) is 4.39 Å². The zero-order valence-electron chi connectivity index (χ0n) is 16.3. The molecule has 29 heavy (non-hydrogen) atoms. The molecule has 1 atom stereocenters. The van der Waals surface area contributed by atoms with Crippen LogP contribution in [0, 0.1) is 5.82 Å². The van der Waals surface area contributed by atoms with E-state index < -0.39 is 11.4 Å². The fraction of sp³-hybridized carbons (Fsp3) is 0.391. The highest BCUT2D eigenvalue weighted by molar-refractivity contribution is 5.88. The van der Waals surface area contributed by atoms with Crippen LogP contribution in [0.4, 0.5) is 4.39 Å². The summed E-state index contributed by atoms with van der Waals surface area (Å²) in [6, 6.07) is 15.5. The summed E-state index contributed by atoms with van der Waals surface area (Å²) in [6.07, 6.45) is 1.74. The van der Waals surface area contributed by atoms with Crippen molar-refractivity contribution >= 4 is 11.9 Å². The molecular formula is C23H26FNO4. The minimum absolute atomic E-state index is 0.0339. The average molecular weight is 399 g/mol. The molecule has 0 spiro atoms. The van der Waals surface area contributed by atoms with Crippen molar-refractivity contribution in [2.24, 2.45) is 0 Å². The fourth-order valence-electron chi connectivity index (χ4n) is 3.90. The van der Waals surface area contributed by atoms with E-state index in [0.717, 1.165) is 5.56 Å². The minimum atomic E-state index is -0.900. The van der Waals surface area contributed by atoms with Gasteiger partial charge in [0.1, 0.15) is 5.82 Å². The van der Waals surface area contributed by atoms with Gasteiger partial charge in [-0.3, -0.25) is 9.59 Å². The van der Waals surface area contributed by atoms with Gasteiger partial charge >= 0.3 is 5.97 Å². The summed E-state index contributed by atoms with van der Waals surface area (Å²) in [7, 11) is 0. The van der Waals surface area contributed by atoms with Gasteiger partial charge in [0, 0.05) is 25.7 Å². The lowest BCUT2D eigenvalue weighted by Gasteiger charge is -2.37. The fourth-order valence-corrected chi connectivity index (χ4v) is 3.90. The molecule has 1 heterocycles. The number of nitrogens with one attached hydrogen (secondary N) is 1. The van der Waals surface area contributed by atoms with Gasteiger partial charge in [-0.15, -0.1) is 0 Å². The lowest BCUT2D eigenvalue weighted by molar-refractivity contribution is -0.138. The van der Waals surface area contributed by atoms with E-state index in [1.807, 2.05) is 30.3 Å². The highest BCUT2D eigenvalue weighted by atomic mass is 19.1. The van der Waals surface area contributed by atoms with Gasteiger partial charge in [0.25, 0.3) is 0 Å². The van der Waals surface area contributed by atoms with Crippen LogP contribution in [0.5, 0.6) is 0 Å². The van der Waals surface area contributed by atoms with Crippen molar-refractivity contribution in [3.63, 3.8) is 0 Å². The van der Waals surface area contributed by atoms with Crippen molar-refractivity contribution in [2.45, 2.75) is 43.6 Å². The van der Waals surface area contributed by atoms with E-state index in [1.54, 1.807) is 12.1 Å². The normalized spacial score (nSPS) is 16.7. The highest BCUT2D eigenvalue weighted by Gasteiger charge is 2.42. The molecule has 1 amide bonds. The number of carbonyl (C=O) groups is 2. The van der Waals surface area contributed by atoms with Crippen LogP contribution in [0.25, 0.3) is 0 Å². The molecule has 1 fully saturated rings. The molecule has 2 aromatic carbocycles. The number of aliphatic carboxylic acids is 1. The van der Waals surface area contributed by atoms with Gasteiger partial charge in [-0.2, -0.15) is 0 Å². The van der Waals surface area contributed by atoms with Crippen molar-refractivity contribution in [3.8, 4) is 0 Å². The molecule has 1 unspecified atom stereocenters. The summed E-state index contributed by atoms with van der Waals surface area (Å²) in [5.74, 6) is -1.48. The first-order valence-corrected chi connectivity index (χ1v) is 9.90. The van der Waals surface area contributed by atoms with Crippen molar-refractivity contribution in [2.75, 3.05) is 13.2 Å². The number of benzene rings is 2. The predicted molar refractivity (Wildman–Crippen MR) is 107 cm³/mol. The zero-order chi connectivity index (χ0) is 20.7. The Morgan fingerprint density at radius 3 is 2.48 bits per heavy atom. The molecule has 0 aromatic heterocycles. The number of halogens is 1. The smallest absolute Gasteiger partial charge is 0.303 e. The Hall–Kier alpha value is -2.73. The maximum atomic E-state index is 13.9. The summed E-state index contributed by atoms with van der Waals surface area (Å²) >= 11 is 0. The van der Waals surface area contributed by atoms with Gasteiger partial charge in [0.05, 0.1) is 5.41 Å². The molecular weight excluding hydrogens is 373 g/mol. The van der Waals surface area contributed by atoms with Crippen LogP contribution >= 0.6 is 0 Å². The van der Waals surface area contributed by atoms with E-state index in [4.69, 9.17) is 9.84 Å². The van der Waals surface area contributed by atoms with E-state index in [2.05, 4.69) is 5.32 Å². The third-order valence-electron chi connectivity index (χ3n) is 5.53. The SMILES string of the molecule is O=C(O)CCC(Cc1ccccc1)NC(=O)C1(c2cccc(F)c2)CCOCC1. The van der Waals surface area contributed by atoms with Gasteiger partial charge in [-0.05, 0) is 48.9 Å². The first kappa shape index (κ1) is 21.0. The summed E-state index contributed by atoms with van der Waals surface area (Å²) in [6.45, 7) is 0.838. The summed E-state index contributed by atoms with van der Waals surface area (Å²) in [4.78, 5) is 24.5. The zero-order valence-corrected chi connectivity index (χ0v) is 16.3. The number of hydrogen-bond donors (Lipinski definition) is 2. The molecule has 0 radical (unpaired) electrons. The number of hydrogen-bond acceptors (Lipinski definition) is 3. The maximum Gasteiger partial charge on any atom is 0.303 e. The Bertz CT molecular complexity index is 834. The van der Waals surface area contributed by atoms with Crippen molar-refractivity contribution in [1.29, 1.82) is 0 Å². The largest absolute Gasteiger partial charge is 0.481 e. The molecule has 0 bridgehead atoms. The van der Waals surface area contributed by atoms with Crippen LogP contribution in [0.1, 0.15) is 36.8 Å². The van der Waals surface area contributed by atoms with Crippen LogP contribution < -0.4 is 5.32 Å². The number of amides is 1. The molecule has 5 nitrogen and oxygen atoms in total. The predicted octanol–water partition coefficient (Wildman–Crippen LogP) is 3.47. The van der Waals surface area contributed by atoms with Crippen LogP contribution in [0.2, 0.25) is 0 Å². The number of carboxylic acid groups (broad SMARTS) is 1. The topological polar surface area (TPSA) is 75.6 Å². The minimum Gasteiger partial charge on any atom is -0.481 e. The lowest BCUT2D eigenvalue weighted by atomic mass is 9.73. The quantitative estimate of drug-likeness (QED) is 0.713. The van der Waals surface area contributed by atoms with Gasteiger partial charge < -0.3 is 15.2 Å². The highest BCUT2D eigenvalue weighted by Crippen LogP contribution is 2.35. The van der Waals surface area contributed by atoms with Gasteiger partial charge in [-0.1, -0.05) is 42.5 Å². The molecule has 1 aliphatic heterocycles. The Morgan fingerprint density at radius 2 is 1.83 bits per heavy atom. The number of rotatable bonds is 8. The van der Waals surface area contributed by atoms with Crippen LogP contribution in [0.15, 0.2) is 54.6 Å². The summed E-state index contributed by atoms with van der Waals surface area (Å²) in [5, 5.41) is 12.2. The molecule has 3 rings (SSSR count). The van der Waals surface area contributed by atoms with Crippen molar-refractivity contribution in [3.05, 3.63) is 71.5 Å². The van der Waals surface area contributed by atoms with Crippen molar-refractivity contribution in [1.82, 2.24) is 5.32 Å². The van der Waals surface area contributed by atoms with E-state index in [9.17, 15) is 14.0 Å². The first-order chi connectivity index (χ1) is 14.0. The second kappa shape index (κ2) is 9.65. The number of carbonyl (C=O) groups excluding carboxylic acids is 1. The average Bonchev–Trinajstić information content (AvgIpc) is 2.73. The van der Waals surface area contributed by atoms with Crippen LogP contribution in [-0.2, 0) is 26.2 Å². The first-order valence-electron chi connectivity index (χ1n) is 9.90. The Labute approximate surface area is 169 Å². The van der Waals surface area contributed by atoms with E-state index in [-0.39, 0.29) is 24.2 Å². The monoisotopic (exact) mass is 399 g/mol. The van der Waals surface area contributed by atoms with Gasteiger partial charge in [0.15, 0.2) is 0 Å². The Morgan fingerprint density at radius 1 is 1.10 bits per heavy atom. The van der Waals surface area contributed by atoms with E-state index >= 15 is 0 Å². The van der Waals surface area contributed by atoms with Crippen LogP contribution in [-0.4, -0.2) is 36.2 Å². The molecule has 0 aliphatic carbocycles. The summed E-state index contributed by atoms with van der Waals surface area (Å²) < 4.78 is 19.3. The van der Waals surface area contributed by atoms with Gasteiger partial charge in [0.2, 0.25) is 5.91 Å². The molecule has 1 aliphatic rings.